The lowest BCUT2D eigenvalue weighted by Crippen LogP contribution is -2.25. The number of pyridine rings is 1. The number of Topliss-reactive ketones (excluding diaryl/α,β-unsaturated/α-hetero) is 1. The van der Waals surface area contributed by atoms with Crippen LogP contribution in [0.2, 0.25) is 10.0 Å². The second-order valence-corrected chi connectivity index (χ2v) is 11.5. The van der Waals surface area contributed by atoms with Crippen molar-refractivity contribution in [3.63, 3.8) is 0 Å². The SMILES string of the molecule is CC(=O)c1cnc(CCC2CCCC(CC(=O)NCc3ccc(Cl)cc3)CC2)c(NC(=O)c2cccc(Cl)c2)c1. The van der Waals surface area contributed by atoms with Gasteiger partial charge in [0.2, 0.25) is 5.91 Å². The molecule has 4 rings (SSSR count). The summed E-state index contributed by atoms with van der Waals surface area (Å²) >= 11 is 12.0. The van der Waals surface area contributed by atoms with E-state index in [1.165, 1.54) is 6.92 Å². The van der Waals surface area contributed by atoms with Crippen LogP contribution >= 0.6 is 23.2 Å². The van der Waals surface area contributed by atoms with Crippen molar-refractivity contribution >= 4 is 46.5 Å². The van der Waals surface area contributed by atoms with Gasteiger partial charge in [0.15, 0.2) is 5.78 Å². The third-order valence-corrected chi connectivity index (χ3v) is 8.07. The van der Waals surface area contributed by atoms with Gasteiger partial charge in [-0.05, 0) is 86.4 Å². The molecule has 0 radical (unpaired) electrons. The number of aromatic nitrogens is 1. The first-order valence-electron chi connectivity index (χ1n) is 13.8. The summed E-state index contributed by atoms with van der Waals surface area (Å²) in [5.41, 5.74) is 3.26. The van der Waals surface area contributed by atoms with E-state index in [-0.39, 0.29) is 17.6 Å². The molecule has 2 N–H and O–H groups in total. The summed E-state index contributed by atoms with van der Waals surface area (Å²) in [5.74, 6) is 0.596. The zero-order chi connectivity index (χ0) is 28.5. The van der Waals surface area contributed by atoms with Gasteiger partial charge in [-0.15, -0.1) is 0 Å². The van der Waals surface area contributed by atoms with Crippen LogP contribution in [0.3, 0.4) is 0 Å². The second kappa shape index (κ2) is 14.4. The topological polar surface area (TPSA) is 88.2 Å². The zero-order valence-electron chi connectivity index (χ0n) is 22.7. The van der Waals surface area contributed by atoms with Gasteiger partial charge in [-0.1, -0.05) is 60.7 Å². The summed E-state index contributed by atoms with van der Waals surface area (Å²) in [6, 6.07) is 16.0. The molecular weight excluding hydrogens is 545 g/mol. The lowest BCUT2D eigenvalue weighted by Gasteiger charge is -2.17. The number of amides is 2. The van der Waals surface area contributed by atoms with Crippen LogP contribution in [0.15, 0.2) is 60.8 Å². The van der Waals surface area contributed by atoms with Gasteiger partial charge in [0.25, 0.3) is 5.91 Å². The first-order chi connectivity index (χ1) is 19.3. The molecule has 0 aliphatic heterocycles. The summed E-state index contributed by atoms with van der Waals surface area (Å²) < 4.78 is 0. The van der Waals surface area contributed by atoms with Crippen LogP contribution in [0, 0.1) is 11.8 Å². The Morgan fingerprint density at radius 1 is 0.900 bits per heavy atom. The minimum Gasteiger partial charge on any atom is -0.352 e. The fourth-order valence-electron chi connectivity index (χ4n) is 5.24. The van der Waals surface area contributed by atoms with E-state index < -0.39 is 0 Å². The molecule has 0 bridgehead atoms. The van der Waals surface area contributed by atoms with Gasteiger partial charge in [0.1, 0.15) is 0 Å². The van der Waals surface area contributed by atoms with Crippen molar-refractivity contribution in [3.05, 3.63) is 93.2 Å². The lowest BCUT2D eigenvalue weighted by molar-refractivity contribution is -0.122. The Morgan fingerprint density at radius 3 is 2.40 bits per heavy atom. The zero-order valence-corrected chi connectivity index (χ0v) is 24.2. The normalized spacial score (nSPS) is 17.1. The first kappa shape index (κ1) is 29.8. The average molecular weight is 581 g/mol. The van der Waals surface area contributed by atoms with Crippen LogP contribution in [0.4, 0.5) is 5.69 Å². The number of ketones is 1. The Balaban J connectivity index is 1.30. The molecule has 2 aromatic carbocycles. The Labute approximate surface area is 245 Å². The summed E-state index contributed by atoms with van der Waals surface area (Å²) in [6.45, 7) is 2.00. The molecule has 8 heteroatoms. The minimum atomic E-state index is -0.294. The molecule has 2 atom stereocenters. The highest BCUT2D eigenvalue weighted by molar-refractivity contribution is 6.31. The molecule has 0 spiro atoms. The van der Waals surface area contributed by atoms with E-state index in [2.05, 4.69) is 15.6 Å². The average Bonchev–Trinajstić information content (AvgIpc) is 3.16. The van der Waals surface area contributed by atoms with Crippen molar-refractivity contribution in [1.29, 1.82) is 0 Å². The molecule has 1 aromatic heterocycles. The van der Waals surface area contributed by atoms with Gasteiger partial charge in [0.05, 0.1) is 11.4 Å². The number of hydrogen-bond donors (Lipinski definition) is 2. The maximum atomic E-state index is 12.9. The lowest BCUT2D eigenvalue weighted by atomic mass is 9.92. The van der Waals surface area contributed by atoms with E-state index in [1.807, 2.05) is 24.3 Å². The number of carbonyl (C=O) groups excluding carboxylic acids is 3. The maximum Gasteiger partial charge on any atom is 0.255 e. The number of nitrogens with zero attached hydrogens (tertiary/aromatic N) is 1. The molecule has 1 saturated carbocycles. The van der Waals surface area contributed by atoms with Gasteiger partial charge in [0, 0.05) is 40.3 Å². The van der Waals surface area contributed by atoms with Crippen LogP contribution in [0.5, 0.6) is 0 Å². The fraction of sp³-hybridized carbons (Fsp3) is 0.375. The predicted molar refractivity (Wildman–Crippen MR) is 160 cm³/mol. The molecule has 0 saturated heterocycles. The highest BCUT2D eigenvalue weighted by Crippen LogP contribution is 2.32. The number of hydrogen-bond acceptors (Lipinski definition) is 4. The summed E-state index contributed by atoms with van der Waals surface area (Å²) in [6.07, 6.45) is 9.10. The Kier molecular flexibility index (Phi) is 10.7. The number of carbonyl (C=O) groups is 3. The Bertz CT molecular complexity index is 1340. The largest absolute Gasteiger partial charge is 0.352 e. The monoisotopic (exact) mass is 579 g/mol. The number of halogens is 2. The molecule has 210 valence electrons. The molecule has 1 aliphatic carbocycles. The van der Waals surface area contributed by atoms with Crippen molar-refractivity contribution in [2.45, 2.75) is 64.8 Å². The number of rotatable bonds is 10. The van der Waals surface area contributed by atoms with E-state index in [1.54, 1.807) is 36.5 Å². The molecule has 1 heterocycles. The molecule has 1 aliphatic rings. The van der Waals surface area contributed by atoms with Crippen LogP contribution in [0.1, 0.15) is 83.8 Å². The highest BCUT2D eigenvalue weighted by atomic mass is 35.5. The van der Waals surface area contributed by atoms with Crippen molar-refractivity contribution in [2.75, 3.05) is 5.32 Å². The standard InChI is InChI=1S/C32H35Cl2N3O3/c1-21(38)26-18-30(37-32(40)25-6-3-7-28(34)17-25)29(35-20-26)15-12-22-4-2-5-23(9-8-22)16-31(39)36-19-24-10-13-27(33)14-11-24/h3,6-7,10-11,13-14,17-18,20,22-23H,2,4-5,8-9,12,15-16,19H2,1H3,(H,36,39)(H,37,40). The third kappa shape index (κ3) is 8.90. The summed E-state index contributed by atoms with van der Waals surface area (Å²) in [7, 11) is 0. The number of benzene rings is 2. The van der Waals surface area contributed by atoms with Gasteiger partial charge < -0.3 is 10.6 Å². The summed E-state index contributed by atoms with van der Waals surface area (Å²) in [4.78, 5) is 42.0. The number of anilines is 1. The van der Waals surface area contributed by atoms with Gasteiger partial charge in [-0.3, -0.25) is 19.4 Å². The predicted octanol–water partition coefficient (Wildman–Crippen LogP) is 7.68. The first-order valence-corrected chi connectivity index (χ1v) is 14.6. The third-order valence-electron chi connectivity index (χ3n) is 7.59. The van der Waals surface area contributed by atoms with E-state index >= 15 is 0 Å². The van der Waals surface area contributed by atoms with Crippen LogP contribution < -0.4 is 10.6 Å². The van der Waals surface area contributed by atoms with Crippen molar-refractivity contribution < 1.29 is 14.4 Å². The quantitative estimate of drug-likeness (QED) is 0.190. The number of aryl methyl sites for hydroxylation is 1. The second-order valence-electron chi connectivity index (χ2n) is 10.6. The Morgan fingerprint density at radius 2 is 1.65 bits per heavy atom. The molecule has 3 aromatic rings. The Hall–Kier alpha value is -3.22. The van der Waals surface area contributed by atoms with Crippen molar-refractivity contribution in [3.8, 4) is 0 Å². The molecule has 2 amide bonds. The smallest absolute Gasteiger partial charge is 0.255 e. The van der Waals surface area contributed by atoms with Crippen molar-refractivity contribution in [2.24, 2.45) is 11.8 Å². The van der Waals surface area contributed by atoms with Crippen LogP contribution in [0.25, 0.3) is 0 Å². The molecular formula is C32H35Cl2N3O3. The van der Waals surface area contributed by atoms with E-state index in [4.69, 9.17) is 23.2 Å². The number of nitrogens with one attached hydrogen (secondary N) is 2. The van der Waals surface area contributed by atoms with Crippen LogP contribution in [-0.4, -0.2) is 22.6 Å². The van der Waals surface area contributed by atoms with E-state index in [0.29, 0.717) is 58.1 Å². The molecule has 2 unspecified atom stereocenters. The molecule has 6 nitrogen and oxygen atoms in total. The van der Waals surface area contributed by atoms with Gasteiger partial charge >= 0.3 is 0 Å². The summed E-state index contributed by atoms with van der Waals surface area (Å²) in [5, 5.41) is 7.14. The van der Waals surface area contributed by atoms with E-state index in [0.717, 1.165) is 49.8 Å². The molecule has 1 fully saturated rings. The minimum absolute atomic E-state index is 0.0910. The van der Waals surface area contributed by atoms with Crippen LogP contribution in [-0.2, 0) is 17.8 Å². The van der Waals surface area contributed by atoms with Gasteiger partial charge in [-0.2, -0.15) is 0 Å². The fourth-order valence-corrected chi connectivity index (χ4v) is 5.56. The van der Waals surface area contributed by atoms with Gasteiger partial charge in [-0.25, -0.2) is 0 Å². The molecule has 40 heavy (non-hydrogen) atoms. The highest BCUT2D eigenvalue weighted by Gasteiger charge is 2.22. The maximum absolute atomic E-state index is 12.9. The van der Waals surface area contributed by atoms with Crippen molar-refractivity contribution in [1.82, 2.24) is 10.3 Å². The van der Waals surface area contributed by atoms with E-state index in [9.17, 15) is 14.4 Å².